The van der Waals surface area contributed by atoms with E-state index in [1.165, 1.54) is 0 Å². The maximum atomic E-state index is 13.1. The number of rotatable bonds is 4. The second-order valence-corrected chi connectivity index (χ2v) is 8.37. The number of fused-ring (bicyclic) bond motifs is 2. The van der Waals surface area contributed by atoms with Gasteiger partial charge in [-0.05, 0) is 49.4 Å². The minimum Gasteiger partial charge on any atom is -0.294 e. The van der Waals surface area contributed by atoms with Crippen LogP contribution in [-0.4, -0.2) is 22.8 Å². The summed E-state index contributed by atoms with van der Waals surface area (Å²) in [6, 6.07) is 11.2. The molecule has 0 N–H and O–H groups in total. The van der Waals surface area contributed by atoms with E-state index in [-0.39, 0.29) is 18.2 Å². The van der Waals surface area contributed by atoms with E-state index in [2.05, 4.69) is 4.90 Å². The lowest BCUT2D eigenvalue weighted by molar-refractivity contribution is -0.143. The molecule has 2 aromatic rings. The molecule has 2 nitrogen and oxygen atoms in total. The highest BCUT2D eigenvalue weighted by atomic mass is 19.4. The number of carbonyl (C=O) groups excluding carboxylic acids is 1. The second kappa shape index (κ2) is 7.97. The Balaban J connectivity index is 1.56. The first-order chi connectivity index (χ1) is 14.5. The van der Waals surface area contributed by atoms with Gasteiger partial charge in [0, 0.05) is 30.1 Å². The first kappa shape index (κ1) is 21.9. The van der Waals surface area contributed by atoms with Gasteiger partial charge < -0.3 is 0 Å². The van der Waals surface area contributed by atoms with Crippen molar-refractivity contribution in [2.24, 2.45) is 5.92 Å². The van der Waals surface area contributed by atoms with E-state index in [9.17, 15) is 31.1 Å². The normalized spacial score (nSPS) is 24.4. The average Bonchev–Trinajstić information content (AvgIpc) is 2.94. The summed E-state index contributed by atoms with van der Waals surface area (Å²) in [7, 11) is 0. The number of nitrogens with zero attached hydrogens (tertiary/aromatic N) is 1. The smallest absolute Gasteiger partial charge is 0.294 e. The van der Waals surface area contributed by atoms with Gasteiger partial charge in [0.25, 0.3) is 0 Å². The molecular weight excluding hydrogens is 420 g/mol. The molecule has 0 amide bonds. The van der Waals surface area contributed by atoms with Gasteiger partial charge in [-0.15, -0.1) is 0 Å². The van der Waals surface area contributed by atoms with Crippen LogP contribution in [0.3, 0.4) is 0 Å². The Morgan fingerprint density at radius 2 is 1.35 bits per heavy atom. The third kappa shape index (κ3) is 4.63. The zero-order chi connectivity index (χ0) is 22.4. The van der Waals surface area contributed by atoms with Gasteiger partial charge in [0.05, 0.1) is 11.1 Å². The molecule has 166 valence electrons. The van der Waals surface area contributed by atoms with E-state index in [0.29, 0.717) is 25.0 Å². The Hall–Kier alpha value is -2.35. The summed E-state index contributed by atoms with van der Waals surface area (Å²) in [4.78, 5) is 15.3. The molecule has 2 unspecified atom stereocenters. The zero-order valence-corrected chi connectivity index (χ0v) is 16.5. The van der Waals surface area contributed by atoms with Crippen molar-refractivity contribution in [3.63, 3.8) is 0 Å². The fourth-order valence-electron chi connectivity index (χ4n) is 4.87. The molecule has 4 rings (SSSR count). The van der Waals surface area contributed by atoms with Crippen LogP contribution in [0, 0.1) is 5.92 Å². The first-order valence-electron chi connectivity index (χ1n) is 10.2. The topological polar surface area (TPSA) is 20.3 Å². The molecule has 2 saturated heterocycles. The van der Waals surface area contributed by atoms with Crippen LogP contribution >= 0.6 is 0 Å². The van der Waals surface area contributed by atoms with Gasteiger partial charge in [0.15, 0.2) is 5.78 Å². The number of halogens is 6. The molecule has 2 bridgehead atoms. The molecule has 31 heavy (non-hydrogen) atoms. The molecule has 2 fully saturated rings. The van der Waals surface area contributed by atoms with E-state index in [1.54, 1.807) is 0 Å². The average molecular weight is 441 g/mol. The summed E-state index contributed by atoms with van der Waals surface area (Å²) >= 11 is 0. The SMILES string of the molecule is O=C(c1cc(C(F)(F)F)cc(C(F)(F)F)c1)C1CC2CCC(C1)N2Cc1ccccc1. The number of carbonyl (C=O) groups is 1. The van der Waals surface area contributed by atoms with E-state index < -0.39 is 40.7 Å². The fraction of sp³-hybridized carbons (Fsp3) is 0.435. The largest absolute Gasteiger partial charge is 0.416 e. The molecule has 2 heterocycles. The lowest BCUT2D eigenvalue weighted by atomic mass is 9.83. The van der Waals surface area contributed by atoms with E-state index >= 15 is 0 Å². The Labute approximate surface area is 175 Å². The van der Waals surface area contributed by atoms with Crippen molar-refractivity contribution in [1.82, 2.24) is 4.90 Å². The molecule has 0 spiro atoms. The molecule has 8 heteroatoms. The predicted molar refractivity (Wildman–Crippen MR) is 102 cm³/mol. The first-order valence-corrected chi connectivity index (χ1v) is 10.2. The molecule has 0 radical (unpaired) electrons. The fourth-order valence-corrected chi connectivity index (χ4v) is 4.87. The second-order valence-electron chi connectivity index (χ2n) is 8.37. The van der Waals surface area contributed by atoms with Crippen molar-refractivity contribution in [1.29, 1.82) is 0 Å². The summed E-state index contributed by atoms with van der Waals surface area (Å²) in [6.45, 7) is 0.721. The third-order valence-electron chi connectivity index (χ3n) is 6.34. The van der Waals surface area contributed by atoms with Crippen LogP contribution in [-0.2, 0) is 18.9 Å². The minimum atomic E-state index is -4.96. The number of ketones is 1. The van der Waals surface area contributed by atoms with E-state index in [4.69, 9.17) is 0 Å². The van der Waals surface area contributed by atoms with Gasteiger partial charge in [-0.25, -0.2) is 0 Å². The number of piperidine rings is 1. The van der Waals surface area contributed by atoms with Crippen molar-refractivity contribution in [2.75, 3.05) is 0 Å². The van der Waals surface area contributed by atoms with Gasteiger partial charge in [0.1, 0.15) is 0 Å². The summed E-state index contributed by atoms with van der Waals surface area (Å²) in [5.74, 6) is -1.21. The van der Waals surface area contributed by atoms with Crippen LogP contribution in [0.5, 0.6) is 0 Å². The van der Waals surface area contributed by atoms with Gasteiger partial charge in [-0.2, -0.15) is 26.3 Å². The Morgan fingerprint density at radius 1 is 0.839 bits per heavy atom. The predicted octanol–water partition coefficient (Wildman–Crippen LogP) is 6.35. The lowest BCUT2D eigenvalue weighted by Gasteiger charge is -2.38. The number of hydrogen-bond donors (Lipinski definition) is 0. The van der Waals surface area contributed by atoms with E-state index in [1.807, 2.05) is 30.3 Å². The van der Waals surface area contributed by atoms with Crippen LogP contribution in [0.15, 0.2) is 48.5 Å². The molecule has 2 aliphatic heterocycles. The highest BCUT2D eigenvalue weighted by Gasteiger charge is 2.44. The Bertz CT molecular complexity index is 907. The maximum Gasteiger partial charge on any atom is 0.416 e. The third-order valence-corrected chi connectivity index (χ3v) is 6.34. The van der Waals surface area contributed by atoms with Gasteiger partial charge >= 0.3 is 12.4 Å². The number of benzene rings is 2. The van der Waals surface area contributed by atoms with Gasteiger partial charge in [-0.1, -0.05) is 30.3 Å². The van der Waals surface area contributed by atoms with Crippen molar-refractivity contribution < 1.29 is 31.1 Å². The van der Waals surface area contributed by atoms with E-state index in [0.717, 1.165) is 24.9 Å². The number of hydrogen-bond acceptors (Lipinski definition) is 2. The summed E-state index contributed by atoms with van der Waals surface area (Å²) in [5, 5.41) is 0. The van der Waals surface area contributed by atoms with Crippen LogP contribution in [0.2, 0.25) is 0 Å². The summed E-state index contributed by atoms with van der Waals surface area (Å²) in [6.07, 6.45) is -7.29. The van der Waals surface area contributed by atoms with Gasteiger partial charge in [0.2, 0.25) is 0 Å². The number of Topliss-reactive ketones (excluding diaryl/α,β-unsaturated/α-hetero) is 1. The monoisotopic (exact) mass is 441 g/mol. The summed E-state index contributed by atoms with van der Waals surface area (Å²) in [5.41, 5.74) is -2.27. The standard InChI is InChI=1S/C23H21F6NO/c24-22(25,26)17-8-15(9-18(12-17)23(27,28)29)21(31)16-10-19-6-7-20(11-16)30(19)13-14-4-2-1-3-5-14/h1-5,8-9,12,16,19-20H,6-7,10-11,13H2. The highest BCUT2D eigenvalue weighted by Crippen LogP contribution is 2.42. The van der Waals surface area contributed by atoms with Crippen molar-refractivity contribution in [3.05, 3.63) is 70.8 Å². The minimum absolute atomic E-state index is 0.0585. The molecular formula is C23H21F6NO. The molecule has 2 atom stereocenters. The molecule has 0 saturated carbocycles. The van der Waals surface area contributed by atoms with Crippen molar-refractivity contribution >= 4 is 5.78 Å². The van der Waals surface area contributed by atoms with Crippen LogP contribution < -0.4 is 0 Å². The molecule has 2 aromatic carbocycles. The molecule has 0 aliphatic carbocycles. The van der Waals surface area contributed by atoms with Crippen molar-refractivity contribution in [2.45, 2.75) is 56.7 Å². The Kier molecular flexibility index (Phi) is 5.62. The summed E-state index contributed by atoms with van der Waals surface area (Å²) < 4.78 is 78.9. The molecule has 2 aliphatic rings. The van der Waals surface area contributed by atoms with Crippen LogP contribution in [0.1, 0.15) is 52.7 Å². The van der Waals surface area contributed by atoms with Crippen LogP contribution in [0.4, 0.5) is 26.3 Å². The Morgan fingerprint density at radius 3 is 1.84 bits per heavy atom. The molecule has 0 aromatic heterocycles. The van der Waals surface area contributed by atoms with Crippen molar-refractivity contribution in [3.8, 4) is 0 Å². The van der Waals surface area contributed by atoms with Gasteiger partial charge in [-0.3, -0.25) is 9.69 Å². The maximum absolute atomic E-state index is 13.1. The highest BCUT2D eigenvalue weighted by molar-refractivity contribution is 5.98. The zero-order valence-electron chi connectivity index (χ0n) is 16.5. The van der Waals surface area contributed by atoms with Crippen LogP contribution in [0.25, 0.3) is 0 Å². The lowest BCUT2D eigenvalue weighted by Crippen LogP contribution is -2.44. The quantitative estimate of drug-likeness (QED) is 0.407. The number of alkyl halides is 6.